The van der Waals surface area contributed by atoms with Crippen LogP contribution in [0.4, 0.5) is 0 Å². The van der Waals surface area contributed by atoms with Gasteiger partial charge in [0.05, 0.1) is 6.54 Å². The zero-order chi connectivity index (χ0) is 15.0. The van der Waals surface area contributed by atoms with Gasteiger partial charge in [-0.15, -0.1) is 0 Å². The standard InChI is InChI=1S/C17H26N2O2/c1-12(2)19(11-14-5-4-13(3)21-14)16(20)15-10-17(15)6-8-18-9-7-17/h4-5,12,15,18H,6-11H2,1-3H3. The molecule has 0 radical (unpaired) electrons. The normalized spacial score (nSPS) is 23.5. The Hall–Kier alpha value is -1.29. The number of carbonyl (C=O) groups is 1. The van der Waals surface area contributed by atoms with Crippen molar-refractivity contribution in [2.75, 3.05) is 13.1 Å². The molecular weight excluding hydrogens is 264 g/mol. The maximum absolute atomic E-state index is 12.9. The van der Waals surface area contributed by atoms with Crippen LogP contribution in [-0.4, -0.2) is 29.9 Å². The van der Waals surface area contributed by atoms with Gasteiger partial charge in [-0.3, -0.25) is 4.79 Å². The fourth-order valence-electron chi connectivity index (χ4n) is 3.63. The van der Waals surface area contributed by atoms with E-state index in [4.69, 9.17) is 4.42 Å². The summed E-state index contributed by atoms with van der Waals surface area (Å²) in [5.74, 6) is 2.34. The molecule has 0 aromatic carbocycles. The van der Waals surface area contributed by atoms with Gasteiger partial charge >= 0.3 is 0 Å². The number of hydrogen-bond donors (Lipinski definition) is 1. The minimum absolute atomic E-state index is 0.210. The monoisotopic (exact) mass is 290 g/mol. The van der Waals surface area contributed by atoms with Crippen molar-refractivity contribution in [2.24, 2.45) is 11.3 Å². The second-order valence-corrected chi connectivity index (χ2v) is 6.94. The number of amides is 1. The van der Waals surface area contributed by atoms with E-state index in [0.29, 0.717) is 17.9 Å². The average molecular weight is 290 g/mol. The maximum atomic E-state index is 12.9. The molecule has 1 spiro atoms. The van der Waals surface area contributed by atoms with Crippen molar-refractivity contribution in [3.63, 3.8) is 0 Å². The Morgan fingerprint density at radius 3 is 2.71 bits per heavy atom. The molecule has 1 amide bonds. The molecule has 0 bridgehead atoms. The van der Waals surface area contributed by atoms with Gasteiger partial charge in [0.2, 0.25) is 5.91 Å². The second-order valence-electron chi connectivity index (χ2n) is 6.94. The van der Waals surface area contributed by atoms with Gasteiger partial charge in [0.15, 0.2) is 0 Å². The Morgan fingerprint density at radius 2 is 2.14 bits per heavy atom. The molecular formula is C17H26N2O2. The van der Waals surface area contributed by atoms with Gasteiger partial charge in [-0.2, -0.15) is 0 Å². The van der Waals surface area contributed by atoms with Gasteiger partial charge in [0.25, 0.3) is 0 Å². The maximum Gasteiger partial charge on any atom is 0.226 e. The van der Waals surface area contributed by atoms with Gasteiger partial charge in [-0.25, -0.2) is 0 Å². The van der Waals surface area contributed by atoms with Crippen LogP contribution in [-0.2, 0) is 11.3 Å². The summed E-state index contributed by atoms with van der Waals surface area (Å²) >= 11 is 0. The molecule has 3 rings (SSSR count). The van der Waals surface area contributed by atoms with Crippen molar-refractivity contribution >= 4 is 5.91 Å². The number of nitrogens with one attached hydrogen (secondary N) is 1. The fraction of sp³-hybridized carbons (Fsp3) is 0.706. The first-order valence-electron chi connectivity index (χ1n) is 8.08. The minimum Gasteiger partial charge on any atom is -0.464 e. The highest BCUT2D eigenvalue weighted by molar-refractivity contribution is 5.83. The van der Waals surface area contributed by atoms with E-state index >= 15 is 0 Å². The lowest BCUT2D eigenvalue weighted by Gasteiger charge is -2.29. The number of aryl methyl sites for hydroxylation is 1. The average Bonchev–Trinajstić information content (AvgIpc) is 2.97. The Balaban J connectivity index is 1.68. The first-order chi connectivity index (χ1) is 10.0. The first-order valence-corrected chi connectivity index (χ1v) is 8.08. The predicted molar refractivity (Wildman–Crippen MR) is 81.8 cm³/mol. The predicted octanol–water partition coefficient (Wildman–Crippen LogP) is 2.71. The first kappa shape index (κ1) is 14.6. The van der Waals surface area contributed by atoms with E-state index in [1.165, 1.54) is 0 Å². The van der Waals surface area contributed by atoms with Gasteiger partial charge in [-0.1, -0.05) is 0 Å². The van der Waals surface area contributed by atoms with Crippen LogP contribution < -0.4 is 5.32 Å². The summed E-state index contributed by atoms with van der Waals surface area (Å²) < 4.78 is 5.65. The molecule has 4 heteroatoms. The summed E-state index contributed by atoms with van der Waals surface area (Å²) in [7, 11) is 0. The number of furan rings is 1. The molecule has 1 saturated heterocycles. The quantitative estimate of drug-likeness (QED) is 0.927. The van der Waals surface area contributed by atoms with E-state index < -0.39 is 0 Å². The lowest BCUT2D eigenvalue weighted by atomic mass is 9.91. The van der Waals surface area contributed by atoms with Gasteiger partial charge < -0.3 is 14.6 Å². The molecule has 1 atom stereocenters. The molecule has 116 valence electrons. The molecule has 1 aromatic heterocycles. The Bertz CT molecular complexity index is 515. The van der Waals surface area contributed by atoms with Crippen molar-refractivity contribution in [3.05, 3.63) is 23.7 Å². The third-order valence-corrected chi connectivity index (χ3v) is 5.12. The Morgan fingerprint density at radius 1 is 1.43 bits per heavy atom. The lowest BCUT2D eigenvalue weighted by molar-refractivity contribution is -0.136. The number of nitrogens with zero attached hydrogens (tertiary/aromatic N) is 1. The van der Waals surface area contributed by atoms with Crippen molar-refractivity contribution in [1.82, 2.24) is 10.2 Å². The van der Waals surface area contributed by atoms with E-state index in [-0.39, 0.29) is 12.0 Å². The van der Waals surface area contributed by atoms with E-state index in [1.54, 1.807) is 0 Å². The van der Waals surface area contributed by atoms with Crippen molar-refractivity contribution in [2.45, 2.75) is 52.6 Å². The molecule has 1 aliphatic carbocycles. The Labute approximate surface area is 126 Å². The topological polar surface area (TPSA) is 45.5 Å². The summed E-state index contributed by atoms with van der Waals surface area (Å²) in [6.45, 7) is 8.83. The molecule has 1 aromatic rings. The van der Waals surface area contributed by atoms with Crippen LogP contribution in [0.1, 0.15) is 44.6 Å². The molecule has 21 heavy (non-hydrogen) atoms. The van der Waals surface area contributed by atoms with Crippen LogP contribution in [0.15, 0.2) is 16.5 Å². The molecule has 2 aliphatic rings. The summed E-state index contributed by atoms with van der Waals surface area (Å²) in [5.41, 5.74) is 0.300. The van der Waals surface area contributed by atoms with Crippen LogP contribution in [0.3, 0.4) is 0 Å². The van der Waals surface area contributed by atoms with E-state index in [0.717, 1.165) is 43.9 Å². The fourth-order valence-corrected chi connectivity index (χ4v) is 3.63. The minimum atomic E-state index is 0.210. The van der Waals surface area contributed by atoms with Crippen LogP contribution in [0, 0.1) is 18.3 Å². The van der Waals surface area contributed by atoms with Crippen LogP contribution in [0.2, 0.25) is 0 Å². The molecule has 1 saturated carbocycles. The summed E-state index contributed by atoms with van der Waals surface area (Å²) in [5, 5.41) is 3.39. The van der Waals surface area contributed by atoms with Gasteiger partial charge in [0, 0.05) is 12.0 Å². The van der Waals surface area contributed by atoms with Crippen LogP contribution in [0.25, 0.3) is 0 Å². The largest absolute Gasteiger partial charge is 0.464 e. The van der Waals surface area contributed by atoms with Crippen molar-refractivity contribution in [3.8, 4) is 0 Å². The Kier molecular flexibility index (Phi) is 3.82. The van der Waals surface area contributed by atoms with Crippen LogP contribution in [0.5, 0.6) is 0 Å². The number of carbonyl (C=O) groups excluding carboxylic acids is 1. The second kappa shape index (κ2) is 5.48. The summed E-state index contributed by atoms with van der Waals surface area (Å²) in [4.78, 5) is 14.9. The SMILES string of the molecule is Cc1ccc(CN(C(=O)C2CC23CCNCC3)C(C)C)o1. The zero-order valence-electron chi connectivity index (χ0n) is 13.3. The highest BCUT2D eigenvalue weighted by Crippen LogP contribution is 2.59. The summed E-state index contributed by atoms with van der Waals surface area (Å²) in [6.07, 6.45) is 3.37. The highest BCUT2D eigenvalue weighted by Gasteiger charge is 2.58. The van der Waals surface area contributed by atoms with E-state index in [2.05, 4.69) is 19.2 Å². The van der Waals surface area contributed by atoms with E-state index in [9.17, 15) is 4.79 Å². The van der Waals surface area contributed by atoms with Crippen LogP contribution >= 0.6 is 0 Å². The molecule has 1 N–H and O–H groups in total. The van der Waals surface area contributed by atoms with Crippen molar-refractivity contribution in [1.29, 1.82) is 0 Å². The molecule has 1 aliphatic heterocycles. The smallest absolute Gasteiger partial charge is 0.226 e. The zero-order valence-corrected chi connectivity index (χ0v) is 13.3. The van der Waals surface area contributed by atoms with Gasteiger partial charge in [0.1, 0.15) is 11.5 Å². The third kappa shape index (κ3) is 2.86. The van der Waals surface area contributed by atoms with Crippen molar-refractivity contribution < 1.29 is 9.21 Å². The number of hydrogen-bond acceptors (Lipinski definition) is 3. The number of piperidine rings is 1. The third-order valence-electron chi connectivity index (χ3n) is 5.12. The molecule has 2 fully saturated rings. The van der Waals surface area contributed by atoms with Gasteiger partial charge in [-0.05, 0) is 70.7 Å². The number of rotatable bonds is 4. The van der Waals surface area contributed by atoms with E-state index in [1.807, 2.05) is 24.0 Å². The molecule has 2 heterocycles. The molecule has 1 unspecified atom stereocenters. The summed E-state index contributed by atoms with van der Waals surface area (Å²) in [6, 6.07) is 4.15. The highest BCUT2D eigenvalue weighted by atomic mass is 16.3. The molecule has 4 nitrogen and oxygen atoms in total. The lowest BCUT2D eigenvalue weighted by Crippen LogP contribution is -2.39.